The molecule has 39 heavy (non-hydrogen) atoms. The van der Waals surface area contributed by atoms with Gasteiger partial charge in [-0.3, -0.25) is 4.79 Å². The summed E-state index contributed by atoms with van der Waals surface area (Å²) in [5.74, 6) is 0.227. The second-order valence-corrected chi connectivity index (χ2v) is 11.9. The number of benzene rings is 2. The number of thiophene rings is 1. The molecule has 0 atom stereocenters. The summed E-state index contributed by atoms with van der Waals surface area (Å²) in [7, 11) is -3.93. The Morgan fingerprint density at radius 3 is 2.38 bits per heavy atom. The zero-order valence-corrected chi connectivity index (χ0v) is 22.6. The van der Waals surface area contributed by atoms with Crippen molar-refractivity contribution in [3.63, 3.8) is 0 Å². The molecule has 9 nitrogen and oxygen atoms in total. The van der Waals surface area contributed by atoms with Crippen LogP contribution in [0.4, 0.5) is 11.6 Å². The van der Waals surface area contributed by atoms with Crippen molar-refractivity contribution in [1.29, 1.82) is 0 Å². The Morgan fingerprint density at radius 1 is 0.949 bits per heavy atom. The molecule has 194 valence electrons. The van der Waals surface area contributed by atoms with Gasteiger partial charge in [0, 0.05) is 35.4 Å². The van der Waals surface area contributed by atoms with Crippen LogP contribution in [0, 0.1) is 13.8 Å². The number of carbonyl (C=O) groups excluding carboxylic acids is 1. The van der Waals surface area contributed by atoms with E-state index in [1.165, 1.54) is 21.5 Å². The van der Waals surface area contributed by atoms with Crippen molar-refractivity contribution in [2.24, 2.45) is 0 Å². The van der Waals surface area contributed by atoms with E-state index >= 15 is 0 Å². The van der Waals surface area contributed by atoms with E-state index in [9.17, 15) is 13.2 Å². The topological polar surface area (TPSA) is 112 Å². The fraction of sp³-hybridized carbons (Fsp3) is 0.0714. The number of anilines is 2. The summed E-state index contributed by atoms with van der Waals surface area (Å²) >= 11 is 1.30. The van der Waals surface area contributed by atoms with Gasteiger partial charge in [-0.15, -0.1) is 11.3 Å². The second kappa shape index (κ2) is 9.61. The summed E-state index contributed by atoms with van der Waals surface area (Å²) in [4.78, 5) is 26.5. The van der Waals surface area contributed by atoms with Crippen molar-refractivity contribution in [2.75, 3.05) is 5.32 Å². The minimum absolute atomic E-state index is 0.158. The van der Waals surface area contributed by atoms with E-state index in [-0.39, 0.29) is 16.5 Å². The van der Waals surface area contributed by atoms with E-state index in [0.717, 1.165) is 33.7 Å². The number of imidazole rings is 1. The molecule has 0 amide bonds. The number of nitrogens with zero attached hydrogens (tertiary/aromatic N) is 5. The highest BCUT2D eigenvalue weighted by Gasteiger charge is 2.23. The lowest BCUT2D eigenvalue weighted by Gasteiger charge is -2.11. The van der Waals surface area contributed by atoms with Crippen LogP contribution in [0.3, 0.4) is 0 Å². The molecule has 6 rings (SSSR count). The van der Waals surface area contributed by atoms with E-state index in [1.54, 1.807) is 42.9 Å². The van der Waals surface area contributed by atoms with Crippen LogP contribution in [0.2, 0.25) is 0 Å². The van der Waals surface area contributed by atoms with Crippen LogP contribution in [0.5, 0.6) is 0 Å². The van der Waals surface area contributed by atoms with Gasteiger partial charge in [-0.05, 0) is 67.9 Å². The number of rotatable bonds is 7. The number of hydrogen-bond acceptors (Lipinski definition) is 8. The van der Waals surface area contributed by atoms with E-state index in [2.05, 4.69) is 15.3 Å². The number of aryl methyl sites for hydroxylation is 2. The smallest absolute Gasteiger partial charge is 0.269 e. The fourth-order valence-electron chi connectivity index (χ4n) is 4.24. The third-order valence-electron chi connectivity index (χ3n) is 6.31. The molecule has 6 aromatic rings. The monoisotopic (exact) mass is 554 g/mol. The third-order valence-corrected chi connectivity index (χ3v) is 9.16. The predicted molar refractivity (Wildman–Crippen MR) is 152 cm³/mol. The molecule has 0 bridgehead atoms. The van der Waals surface area contributed by atoms with Gasteiger partial charge in [-0.2, -0.15) is 4.98 Å². The maximum atomic E-state index is 13.6. The summed E-state index contributed by atoms with van der Waals surface area (Å²) in [6.07, 6.45) is 7.58. The Kier molecular flexibility index (Phi) is 6.09. The molecule has 0 radical (unpaired) electrons. The zero-order chi connectivity index (χ0) is 27.1. The number of fused-ring (bicyclic) bond motifs is 1. The average Bonchev–Trinajstić information content (AvgIpc) is 3.69. The lowest BCUT2D eigenvalue weighted by atomic mass is 10.2. The lowest BCUT2D eigenvalue weighted by Crippen LogP contribution is -2.13. The molecule has 1 N–H and O–H groups in total. The van der Waals surface area contributed by atoms with Crippen LogP contribution < -0.4 is 5.32 Å². The highest BCUT2D eigenvalue weighted by atomic mass is 32.2. The minimum atomic E-state index is -3.93. The summed E-state index contributed by atoms with van der Waals surface area (Å²) < 4.78 is 30.3. The number of nitrogens with one attached hydrogen (secondary N) is 1. The van der Waals surface area contributed by atoms with Gasteiger partial charge >= 0.3 is 0 Å². The van der Waals surface area contributed by atoms with Gasteiger partial charge in [-0.25, -0.2) is 22.4 Å². The highest BCUT2D eigenvalue weighted by Crippen LogP contribution is 2.36. The van der Waals surface area contributed by atoms with E-state index in [4.69, 9.17) is 4.98 Å². The largest absolute Gasteiger partial charge is 0.324 e. The van der Waals surface area contributed by atoms with E-state index < -0.39 is 10.0 Å². The van der Waals surface area contributed by atoms with Gasteiger partial charge in [0.25, 0.3) is 10.0 Å². The standard InChI is InChI=1S/C28H22N6O3S2/c1-18-3-9-22(10-4-18)39(36,37)34-13-11-23-26(24-15-19(2)25(16-35)38-24)31-28(32-27(23)34)30-20-5-7-21(8-6-20)33-14-12-29-17-33/h3-17H,1-2H3,(H,30,31,32). The molecule has 0 saturated carbocycles. The first-order chi connectivity index (χ1) is 18.8. The van der Waals surface area contributed by atoms with Gasteiger partial charge in [0.05, 0.1) is 26.7 Å². The number of hydrogen-bond donors (Lipinski definition) is 1. The summed E-state index contributed by atoms with van der Waals surface area (Å²) in [5.41, 5.74) is 4.21. The van der Waals surface area contributed by atoms with E-state index in [0.29, 0.717) is 16.0 Å². The van der Waals surface area contributed by atoms with Gasteiger partial charge in [0.1, 0.15) is 0 Å². The molecule has 0 unspecified atom stereocenters. The van der Waals surface area contributed by atoms with Crippen LogP contribution in [0.25, 0.3) is 27.3 Å². The Morgan fingerprint density at radius 2 is 1.72 bits per heavy atom. The maximum absolute atomic E-state index is 13.6. The van der Waals surface area contributed by atoms with Crippen LogP contribution in [0.1, 0.15) is 20.8 Å². The molecule has 0 saturated heterocycles. The molecular formula is C28H22N6O3S2. The number of aldehydes is 1. The fourth-order valence-corrected chi connectivity index (χ4v) is 6.53. The first-order valence-corrected chi connectivity index (χ1v) is 14.2. The van der Waals surface area contributed by atoms with Crippen LogP contribution in [0.15, 0.2) is 90.5 Å². The first kappa shape index (κ1) is 24.7. The summed E-state index contributed by atoms with van der Waals surface area (Å²) in [6, 6.07) is 17.9. The predicted octanol–water partition coefficient (Wildman–Crippen LogP) is 5.76. The molecule has 11 heteroatoms. The van der Waals surface area contributed by atoms with Crippen molar-refractivity contribution < 1.29 is 13.2 Å². The average molecular weight is 555 g/mol. The number of carbonyl (C=O) groups is 1. The molecule has 0 aliphatic rings. The van der Waals surface area contributed by atoms with Gasteiger partial charge < -0.3 is 9.88 Å². The summed E-state index contributed by atoms with van der Waals surface area (Å²) in [5, 5.41) is 3.77. The first-order valence-electron chi connectivity index (χ1n) is 12.0. The molecule has 0 aliphatic heterocycles. The quantitative estimate of drug-likeness (QED) is 0.250. The Labute approximate surface area is 228 Å². The molecule has 4 heterocycles. The van der Waals surface area contributed by atoms with Crippen LogP contribution in [-0.2, 0) is 10.0 Å². The van der Waals surface area contributed by atoms with Crippen molar-refractivity contribution in [3.8, 4) is 16.3 Å². The second-order valence-electron chi connectivity index (χ2n) is 8.98. The van der Waals surface area contributed by atoms with Crippen molar-refractivity contribution >= 4 is 50.3 Å². The molecular weight excluding hydrogens is 532 g/mol. The van der Waals surface area contributed by atoms with Crippen molar-refractivity contribution in [3.05, 3.63) is 102 Å². The molecule has 2 aromatic carbocycles. The molecule has 0 fully saturated rings. The summed E-state index contributed by atoms with van der Waals surface area (Å²) in [6.45, 7) is 3.76. The number of aromatic nitrogens is 5. The Hall–Kier alpha value is -4.61. The molecule has 0 aliphatic carbocycles. The van der Waals surface area contributed by atoms with Crippen molar-refractivity contribution in [1.82, 2.24) is 23.5 Å². The Balaban J connectivity index is 1.48. The molecule has 0 spiro atoms. The third kappa shape index (κ3) is 4.51. The van der Waals surface area contributed by atoms with Gasteiger partial charge in [-0.1, -0.05) is 17.7 Å². The molecule has 4 aromatic heterocycles. The normalized spacial score (nSPS) is 11.6. The van der Waals surface area contributed by atoms with Crippen molar-refractivity contribution in [2.45, 2.75) is 18.7 Å². The SMILES string of the molecule is Cc1ccc(S(=O)(=O)n2ccc3c(-c4cc(C)c(C=O)s4)nc(Nc4ccc(-n5ccnc5)cc4)nc32)cc1. The van der Waals surface area contributed by atoms with Crippen LogP contribution >= 0.6 is 11.3 Å². The van der Waals surface area contributed by atoms with Crippen LogP contribution in [-0.4, -0.2) is 38.2 Å². The van der Waals surface area contributed by atoms with E-state index in [1.807, 2.05) is 54.9 Å². The Bertz CT molecular complexity index is 1920. The van der Waals surface area contributed by atoms with Gasteiger partial charge in [0.2, 0.25) is 5.95 Å². The highest BCUT2D eigenvalue weighted by molar-refractivity contribution is 7.90. The minimum Gasteiger partial charge on any atom is -0.324 e. The van der Waals surface area contributed by atoms with Gasteiger partial charge in [0.15, 0.2) is 11.9 Å². The lowest BCUT2D eigenvalue weighted by molar-refractivity contribution is 0.112. The zero-order valence-electron chi connectivity index (χ0n) is 20.9. The maximum Gasteiger partial charge on any atom is 0.269 e.